The molecule has 108 valence electrons. The molecular formula is C13H18N4O2S. The number of aromatic nitrogens is 2. The van der Waals surface area contributed by atoms with Crippen LogP contribution in [0.5, 0.6) is 0 Å². The van der Waals surface area contributed by atoms with Crippen molar-refractivity contribution < 1.29 is 8.42 Å². The molecular weight excluding hydrogens is 276 g/mol. The molecule has 0 spiro atoms. The normalized spacial score (nSPS) is 12.0. The summed E-state index contributed by atoms with van der Waals surface area (Å²) in [7, 11) is -0.184. The average molecular weight is 294 g/mol. The third kappa shape index (κ3) is 2.83. The number of hydrogen-bond acceptors (Lipinski definition) is 4. The number of anilines is 1. The summed E-state index contributed by atoms with van der Waals surface area (Å²) in [6.07, 6.45) is 3.44. The highest BCUT2D eigenvalue weighted by molar-refractivity contribution is 7.89. The Morgan fingerprint density at radius 3 is 2.65 bits per heavy atom. The number of nitrogen functional groups attached to an aromatic ring is 1. The van der Waals surface area contributed by atoms with Gasteiger partial charge in [-0.2, -0.15) is 9.40 Å². The van der Waals surface area contributed by atoms with Gasteiger partial charge in [-0.15, -0.1) is 0 Å². The van der Waals surface area contributed by atoms with Crippen LogP contribution >= 0.6 is 0 Å². The van der Waals surface area contributed by atoms with E-state index in [1.165, 1.54) is 10.4 Å². The predicted octanol–water partition coefficient (Wildman–Crippen LogP) is 1.13. The third-order valence-corrected chi connectivity index (χ3v) is 4.91. The second-order valence-corrected chi connectivity index (χ2v) is 6.85. The summed E-state index contributed by atoms with van der Waals surface area (Å²) in [5.41, 5.74) is 7.89. The summed E-state index contributed by atoms with van der Waals surface area (Å²) in [6.45, 7) is 2.06. The molecule has 0 aliphatic rings. The quantitative estimate of drug-likeness (QED) is 0.857. The van der Waals surface area contributed by atoms with Gasteiger partial charge in [0, 0.05) is 38.1 Å². The molecule has 0 unspecified atom stereocenters. The maximum atomic E-state index is 12.5. The molecule has 6 nitrogen and oxygen atoms in total. The number of sulfonamides is 1. The first-order valence-electron chi connectivity index (χ1n) is 6.10. The lowest BCUT2D eigenvalue weighted by Crippen LogP contribution is -2.26. The van der Waals surface area contributed by atoms with Crippen LogP contribution in [0.1, 0.15) is 11.1 Å². The van der Waals surface area contributed by atoms with E-state index in [-0.39, 0.29) is 11.4 Å². The Hall–Kier alpha value is -1.86. The van der Waals surface area contributed by atoms with Crippen molar-refractivity contribution in [1.82, 2.24) is 14.1 Å². The first-order valence-corrected chi connectivity index (χ1v) is 7.54. The molecule has 2 aromatic rings. The van der Waals surface area contributed by atoms with E-state index >= 15 is 0 Å². The van der Waals surface area contributed by atoms with Crippen LogP contribution in [-0.4, -0.2) is 29.6 Å². The molecule has 7 heteroatoms. The van der Waals surface area contributed by atoms with Crippen LogP contribution in [0.15, 0.2) is 35.5 Å². The van der Waals surface area contributed by atoms with Crippen molar-refractivity contribution in [3.63, 3.8) is 0 Å². The van der Waals surface area contributed by atoms with E-state index in [9.17, 15) is 8.42 Å². The molecule has 1 aromatic heterocycles. The van der Waals surface area contributed by atoms with Gasteiger partial charge in [0.2, 0.25) is 10.0 Å². The molecule has 0 aliphatic heterocycles. The fourth-order valence-corrected chi connectivity index (χ4v) is 3.13. The molecule has 0 bridgehead atoms. The molecule has 0 amide bonds. The summed E-state index contributed by atoms with van der Waals surface area (Å²) < 4.78 is 27.9. The van der Waals surface area contributed by atoms with E-state index in [4.69, 9.17) is 5.73 Å². The number of nitrogens with zero attached hydrogens (tertiary/aromatic N) is 3. The average Bonchev–Trinajstić information content (AvgIpc) is 2.78. The molecule has 1 aromatic carbocycles. The van der Waals surface area contributed by atoms with E-state index in [2.05, 4.69) is 5.10 Å². The molecule has 0 saturated heterocycles. The first-order chi connectivity index (χ1) is 9.30. The van der Waals surface area contributed by atoms with Gasteiger partial charge in [-0.25, -0.2) is 8.42 Å². The van der Waals surface area contributed by atoms with Gasteiger partial charge in [0.15, 0.2) is 0 Å². The van der Waals surface area contributed by atoms with Gasteiger partial charge in [-0.1, -0.05) is 0 Å². The van der Waals surface area contributed by atoms with Crippen molar-refractivity contribution in [2.45, 2.75) is 18.4 Å². The maximum Gasteiger partial charge on any atom is 0.243 e. The minimum absolute atomic E-state index is 0.246. The van der Waals surface area contributed by atoms with Crippen LogP contribution in [0, 0.1) is 6.92 Å². The molecule has 0 radical (unpaired) electrons. The Bertz CT molecular complexity index is 722. The van der Waals surface area contributed by atoms with Crippen molar-refractivity contribution in [1.29, 1.82) is 0 Å². The number of nitrogens with two attached hydrogens (primary N) is 1. The summed E-state index contributed by atoms with van der Waals surface area (Å²) in [4.78, 5) is 0.246. The van der Waals surface area contributed by atoms with Crippen LogP contribution in [0.25, 0.3) is 0 Å². The second kappa shape index (κ2) is 5.26. The fraction of sp³-hybridized carbons (Fsp3) is 0.308. The second-order valence-electron chi connectivity index (χ2n) is 4.80. The highest BCUT2D eigenvalue weighted by atomic mass is 32.2. The molecule has 0 fully saturated rings. The fourth-order valence-electron chi connectivity index (χ4n) is 1.88. The van der Waals surface area contributed by atoms with Crippen molar-refractivity contribution in [2.75, 3.05) is 12.8 Å². The molecule has 1 heterocycles. The summed E-state index contributed by atoms with van der Waals surface area (Å²) in [6, 6.07) is 4.72. The van der Waals surface area contributed by atoms with Crippen molar-refractivity contribution in [2.24, 2.45) is 7.05 Å². The Kier molecular flexibility index (Phi) is 3.82. The van der Waals surface area contributed by atoms with Gasteiger partial charge in [0.25, 0.3) is 0 Å². The van der Waals surface area contributed by atoms with Crippen LogP contribution < -0.4 is 5.73 Å². The Morgan fingerprint density at radius 1 is 1.40 bits per heavy atom. The van der Waals surface area contributed by atoms with Gasteiger partial charge < -0.3 is 5.73 Å². The lowest BCUT2D eigenvalue weighted by Gasteiger charge is -2.17. The monoisotopic (exact) mass is 294 g/mol. The smallest absolute Gasteiger partial charge is 0.243 e. The number of aryl methyl sites for hydroxylation is 2. The predicted molar refractivity (Wildman–Crippen MR) is 77.5 cm³/mol. The SMILES string of the molecule is Cc1cc(S(=O)(=O)N(C)Cc2cnn(C)c2)ccc1N. The van der Waals surface area contributed by atoms with Gasteiger partial charge in [0.1, 0.15) is 0 Å². The van der Waals surface area contributed by atoms with E-state index in [0.717, 1.165) is 11.1 Å². The van der Waals surface area contributed by atoms with E-state index in [0.29, 0.717) is 5.69 Å². The van der Waals surface area contributed by atoms with Gasteiger partial charge in [-0.05, 0) is 30.7 Å². The van der Waals surface area contributed by atoms with Crippen molar-refractivity contribution >= 4 is 15.7 Å². The minimum atomic E-state index is -3.53. The van der Waals surface area contributed by atoms with Crippen molar-refractivity contribution in [3.8, 4) is 0 Å². The molecule has 0 atom stereocenters. The van der Waals surface area contributed by atoms with Crippen LogP contribution in [0.3, 0.4) is 0 Å². The van der Waals surface area contributed by atoms with Crippen LogP contribution in [-0.2, 0) is 23.6 Å². The Balaban J connectivity index is 2.27. The zero-order valence-electron chi connectivity index (χ0n) is 11.7. The summed E-state index contributed by atoms with van der Waals surface area (Å²) in [5.74, 6) is 0. The van der Waals surface area contributed by atoms with E-state index in [1.54, 1.807) is 50.2 Å². The lowest BCUT2D eigenvalue weighted by molar-refractivity contribution is 0.466. The highest BCUT2D eigenvalue weighted by Gasteiger charge is 2.21. The lowest BCUT2D eigenvalue weighted by atomic mass is 10.2. The maximum absolute atomic E-state index is 12.5. The molecule has 0 saturated carbocycles. The zero-order chi connectivity index (χ0) is 14.9. The van der Waals surface area contributed by atoms with Crippen LogP contribution in [0.4, 0.5) is 5.69 Å². The van der Waals surface area contributed by atoms with E-state index in [1.807, 2.05) is 0 Å². The standard InChI is InChI=1S/C13H18N4O2S/c1-10-6-12(4-5-13(10)14)20(18,19)17(3)9-11-7-15-16(2)8-11/h4-8H,9,14H2,1-3H3. The first kappa shape index (κ1) is 14.5. The number of rotatable bonds is 4. The topological polar surface area (TPSA) is 81.2 Å². The molecule has 2 N–H and O–H groups in total. The minimum Gasteiger partial charge on any atom is -0.399 e. The van der Waals surface area contributed by atoms with Gasteiger partial charge in [-0.3, -0.25) is 4.68 Å². The Morgan fingerprint density at radius 2 is 2.10 bits per heavy atom. The van der Waals surface area contributed by atoms with Crippen molar-refractivity contribution in [3.05, 3.63) is 41.7 Å². The molecule has 2 rings (SSSR count). The third-order valence-electron chi connectivity index (χ3n) is 3.11. The summed E-state index contributed by atoms with van der Waals surface area (Å²) >= 11 is 0. The largest absolute Gasteiger partial charge is 0.399 e. The summed E-state index contributed by atoms with van der Waals surface area (Å²) in [5, 5.41) is 4.03. The van der Waals surface area contributed by atoms with Gasteiger partial charge in [0.05, 0.1) is 11.1 Å². The highest BCUT2D eigenvalue weighted by Crippen LogP contribution is 2.20. The van der Waals surface area contributed by atoms with Gasteiger partial charge >= 0.3 is 0 Å². The van der Waals surface area contributed by atoms with E-state index < -0.39 is 10.0 Å². The zero-order valence-corrected chi connectivity index (χ0v) is 12.6. The number of benzene rings is 1. The molecule has 20 heavy (non-hydrogen) atoms. The van der Waals surface area contributed by atoms with Crippen LogP contribution in [0.2, 0.25) is 0 Å². The Labute approximate surface area is 118 Å². The molecule has 0 aliphatic carbocycles. The number of hydrogen-bond donors (Lipinski definition) is 1.